The maximum Gasteiger partial charge on any atom is 0.221 e. The van der Waals surface area contributed by atoms with Gasteiger partial charge in [0.05, 0.1) is 11.4 Å². The fraction of sp³-hybridized carbons (Fsp3) is 0.235. The van der Waals surface area contributed by atoms with Crippen LogP contribution in [0.15, 0.2) is 41.4 Å². The molecule has 3 rings (SSSR count). The van der Waals surface area contributed by atoms with Crippen molar-refractivity contribution < 1.29 is 0 Å². The standard InChI is InChI=1S/C17H18N4S/c1-2-3-4-14-15(12-5-8-19-9-6-12)20-17(18)21-16(14)13-7-10-22-11-13/h5-11H,2-4H2,1H3,(H2,18,20,21). The predicted molar refractivity (Wildman–Crippen MR) is 91.6 cm³/mol. The molecule has 22 heavy (non-hydrogen) atoms. The van der Waals surface area contributed by atoms with E-state index in [0.29, 0.717) is 5.95 Å². The number of anilines is 1. The Morgan fingerprint density at radius 2 is 1.77 bits per heavy atom. The Morgan fingerprint density at radius 1 is 1.05 bits per heavy atom. The second-order valence-corrected chi connectivity index (χ2v) is 5.89. The first-order valence-electron chi connectivity index (χ1n) is 7.39. The van der Waals surface area contributed by atoms with E-state index in [1.54, 1.807) is 23.7 Å². The van der Waals surface area contributed by atoms with Gasteiger partial charge in [0.1, 0.15) is 0 Å². The third-order valence-corrected chi connectivity index (χ3v) is 4.24. The summed E-state index contributed by atoms with van der Waals surface area (Å²) in [7, 11) is 0. The number of rotatable bonds is 5. The molecular weight excluding hydrogens is 292 g/mol. The van der Waals surface area contributed by atoms with Crippen LogP contribution in [0.1, 0.15) is 25.3 Å². The minimum Gasteiger partial charge on any atom is -0.368 e. The second kappa shape index (κ2) is 6.66. The van der Waals surface area contributed by atoms with Crippen LogP contribution in [0.25, 0.3) is 22.5 Å². The van der Waals surface area contributed by atoms with E-state index in [2.05, 4.69) is 38.7 Å². The molecule has 0 amide bonds. The van der Waals surface area contributed by atoms with E-state index in [-0.39, 0.29) is 0 Å². The molecule has 0 spiro atoms. The Morgan fingerprint density at radius 3 is 2.41 bits per heavy atom. The van der Waals surface area contributed by atoms with E-state index in [4.69, 9.17) is 5.73 Å². The van der Waals surface area contributed by atoms with E-state index in [0.717, 1.165) is 41.8 Å². The fourth-order valence-corrected chi connectivity index (χ4v) is 3.12. The summed E-state index contributed by atoms with van der Waals surface area (Å²) >= 11 is 1.66. The highest BCUT2D eigenvalue weighted by atomic mass is 32.1. The molecule has 4 nitrogen and oxygen atoms in total. The minimum absolute atomic E-state index is 0.313. The highest BCUT2D eigenvalue weighted by Gasteiger charge is 2.16. The van der Waals surface area contributed by atoms with Gasteiger partial charge < -0.3 is 5.73 Å². The summed E-state index contributed by atoms with van der Waals surface area (Å²) in [5, 5.41) is 4.16. The van der Waals surface area contributed by atoms with Crippen LogP contribution in [0, 0.1) is 0 Å². The van der Waals surface area contributed by atoms with Crippen molar-refractivity contribution in [1.29, 1.82) is 0 Å². The first kappa shape index (κ1) is 14.7. The number of hydrogen-bond acceptors (Lipinski definition) is 5. The Labute approximate surface area is 134 Å². The summed E-state index contributed by atoms with van der Waals surface area (Å²) < 4.78 is 0. The topological polar surface area (TPSA) is 64.7 Å². The van der Waals surface area contributed by atoms with Crippen LogP contribution in [0.5, 0.6) is 0 Å². The van der Waals surface area contributed by atoms with Crippen molar-refractivity contribution in [3.05, 3.63) is 46.9 Å². The minimum atomic E-state index is 0.313. The van der Waals surface area contributed by atoms with Crippen LogP contribution in [0.4, 0.5) is 5.95 Å². The second-order valence-electron chi connectivity index (χ2n) is 5.11. The molecule has 3 heterocycles. The normalized spacial score (nSPS) is 10.8. The molecule has 0 aliphatic heterocycles. The van der Waals surface area contributed by atoms with E-state index < -0.39 is 0 Å². The number of hydrogen-bond donors (Lipinski definition) is 1. The molecule has 2 N–H and O–H groups in total. The molecule has 0 radical (unpaired) electrons. The molecule has 3 aromatic heterocycles. The van der Waals surface area contributed by atoms with Crippen LogP contribution in [0.3, 0.4) is 0 Å². The number of aromatic nitrogens is 3. The number of nitrogens with two attached hydrogens (primary N) is 1. The van der Waals surface area contributed by atoms with E-state index >= 15 is 0 Å². The third-order valence-electron chi connectivity index (χ3n) is 3.55. The number of thiophene rings is 1. The number of nitrogens with zero attached hydrogens (tertiary/aromatic N) is 3. The van der Waals surface area contributed by atoms with Crippen LogP contribution in [0.2, 0.25) is 0 Å². The number of pyridine rings is 1. The van der Waals surface area contributed by atoms with Gasteiger partial charge in [-0.3, -0.25) is 4.98 Å². The van der Waals surface area contributed by atoms with Crippen LogP contribution >= 0.6 is 11.3 Å². The summed E-state index contributed by atoms with van der Waals surface area (Å²) in [5.74, 6) is 0.313. The van der Waals surface area contributed by atoms with Gasteiger partial charge in [0.25, 0.3) is 0 Å². The highest BCUT2D eigenvalue weighted by Crippen LogP contribution is 2.32. The highest BCUT2D eigenvalue weighted by molar-refractivity contribution is 7.08. The Balaban J connectivity index is 2.20. The summed E-state index contributed by atoms with van der Waals surface area (Å²) in [6.45, 7) is 2.19. The quantitative estimate of drug-likeness (QED) is 0.767. The summed E-state index contributed by atoms with van der Waals surface area (Å²) in [6, 6.07) is 6.02. The smallest absolute Gasteiger partial charge is 0.221 e. The monoisotopic (exact) mass is 310 g/mol. The zero-order chi connectivity index (χ0) is 15.4. The number of nitrogen functional groups attached to an aromatic ring is 1. The molecule has 0 unspecified atom stereocenters. The van der Waals surface area contributed by atoms with Crippen molar-refractivity contribution in [3.63, 3.8) is 0 Å². The average Bonchev–Trinajstić information content (AvgIpc) is 3.08. The van der Waals surface area contributed by atoms with E-state index in [1.807, 2.05) is 12.1 Å². The molecule has 0 fully saturated rings. The Bertz CT molecular complexity index is 739. The maximum absolute atomic E-state index is 5.97. The van der Waals surface area contributed by atoms with Crippen molar-refractivity contribution in [3.8, 4) is 22.5 Å². The maximum atomic E-state index is 5.97. The van der Waals surface area contributed by atoms with Gasteiger partial charge in [-0.1, -0.05) is 13.3 Å². The zero-order valence-corrected chi connectivity index (χ0v) is 13.3. The van der Waals surface area contributed by atoms with Gasteiger partial charge in [-0.15, -0.1) is 0 Å². The Hall–Kier alpha value is -2.27. The molecule has 3 aromatic rings. The molecule has 0 aliphatic rings. The average molecular weight is 310 g/mol. The lowest BCUT2D eigenvalue weighted by atomic mass is 9.98. The predicted octanol–water partition coefficient (Wildman–Crippen LogP) is 4.19. The molecule has 0 aromatic carbocycles. The van der Waals surface area contributed by atoms with Crippen molar-refractivity contribution in [2.75, 3.05) is 5.73 Å². The van der Waals surface area contributed by atoms with Gasteiger partial charge >= 0.3 is 0 Å². The molecule has 112 valence electrons. The van der Waals surface area contributed by atoms with Crippen molar-refractivity contribution in [2.45, 2.75) is 26.2 Å². The molecule has 0 bridgehead atoms. The van der Waals surface area contributed by atoms with Gasteiger partial charge in [-0.05, 0) is 36.4 Å². The summed E-state index contributed by atoms with van der Waals surface area (Å²) in [4.78, 5) is 13.1. The summed E-state index contributed by atoms with van der Waals surface area (Å²) in [6.07, 6.45) is 6.73. The SMILES string of the molecule is CCCCc1c(-c2ccncc2)nc(N)nc1-c1ccsc1. The lowest BCUT2D eigenvalue weighted by Crippen LogP contribution is -2.05. The molecular formula is C17H18N4S. The van der Waals surface area contributed by atoms with Gasteiger partial charge in [0.2, 0.25) is 5.95 Å². The number of unbranched alkanes of at least 4 members (excludes halogenated alkanes) is 1. The van der Waals surface area contributed by atoms with Gasteiger partial charge in [-0.25, -0.2) is 9.97 Å². The van der Waals surface area contributed by atoms with Gasteiger partial charge in [0, 0.05) is 34.5 Å². The van der Waals surface area contributed by atoms with Gasteiger partial charge in [0.15, 0.2) is 0 Å². The first-order valence-corrected chi connectivity index (χ1v) is 8.33. The van der Waals surface area contributed by atoms with Crippen molar-refractivity contribution >= 4 is 17.3 Å². The van der Waals surface area contributed by atoms with Crippen molar-refractivity contribution in [1.82, 2.24) is 15.0 Å². The molecule has 0 atom stereocenters. The molecule has 0 aliphatic carbocycles. The lowest BCUT2D eigenvalue weighted by Gasteiger charge is -2.13. The van der Waals surface area contributed by atoms with E-state index in [9.17, 15) is 0 Å². The van der Waals surface area contributed by atoms with Gasteiger partial charge in [-0.2, -0.15) is 11.3 Å². The first-order chi connectivity index (χ1) is 10.8. The molecule has 0 saturated heterocycles. The van der Waals surface area contributed by atoms with Crippen LogP contribution in [-0.2, 0) is 6.42 Å². The van der Waals surface area contributed by atoms with Crippen molar-refractivity contribution in [2.24, 2.45) is 0 Å². The Kier molecular flexibility index (Phi) is 4.44. The molecule has 0 saturated carbocycles. The summed E-state index contributed by atoms with van der Waals surface area (Å²) in [5.41, 5.74) is 11.2. The van der Waals surface area contributed by atoms with Crippen LogP contribution < -0.4 is 5.73 Å². The fourth-order valence-electron chi connectivity index (χ4n) is 2.48. The van der Waals surface area contributed by atoms with Crippen LogP contribution in [-0.4, -0.2) is 15.0 Å². The third kappa shape index (κ3) is 2.99. The zero-order valence-electron chi connectivity index (χ0n) is 12.5. The van der Waals surface area contributed by atoms with E-state index in [1.165, 1.54) is 5.56 Å². The molecule has 5 heteroatoms. The largest absolute Gasteiger partial charge is 0.368 e. The lowest BCUT2D eigenvalue weighted by molar-refractivity contribution is 0.791.